The van der Waals surface area contributed by atoms with Gasteiger partial charge in [0.05, 0.1) is 18.8 Å². The van der Waals surface area contributed by atoms with Crippen molar-refractivity contribution < 1.29 is 63.1 Å². The van der Waals surface area contributed by atoms with E-state index in [4.69, 9.17) is 18.7 Å². The number of carbonyl (C=O) groups excluding carboxylic acids is 2. The van der Waals surface area contributed by atoms with E-state index in [2.05, 4.69) is 55.4 Å². The van der Waals surface area contributed by atoms with Crippen LogP contribution in [-0.4, -0.2) is 124 Å². The molecule has 382 valence electrons. The first-order valence-corrected chi connectivity index (χ1v) is 26.8. The van der Waals surface area contributed by atoms with Gasteiger partial charge in [0.15, 0.2) is 23.5 Å². The molecule has 5 fully saturated rings. The van der Waals surface area contributed by atoms with E-state index in [-0.39, 0.29) is 65.1 Å². The van der Waals surface area contributed by atoms with Crippen LogP contribution in [-0.2, 0) is 45.9 Å². The second-order valence-electron chi connectivity index (χ2n) is 20.8. The number of rotatable bonds is 21. The largest absolute Gasteiger partial charge is 0.508 e. The van der Waals surface area contributed by atoms with Crippen molar-refractivity contribution in [2.45, 2.75) is 134 Å². The number of aromatic hydroxyl groups is 1. The molecule has 2 saturated heterocycles. The molecule has 3 saturated carbocycles. The first kappa shape index (κ1) is 53.6. The van der Waals surface area contributed by atoms with Gasteiger partial charge in [-0.05, 0) is 145 Å². The van der Waals surface area contributed by atoms with Gasteiger partial charge in [-0.15, -0.1) is 0 Å². The monoisotopic (exact) mass is 981 g/mol. The van der Waals surface area contributed by atoms with Gasteiger partial charge in [-0.2, -0.15) is 0 Å². The summed E-state index contributed by atoms with van der Waals surface area (Å²) in [5.74, 6) is 0.177. The van der Waals surface area contributed by atoms with Crippen LogP contribution in [0.2, 0.25) is 0 Å². The number of likely N-dealkylation sites (tertiary alicyclic amines) is 1. The molecule has 0 amide bonds. The third kappa shape index (κ3) is 12.2. The molecule has 2 unspecified atom stereocenters. The lowest BCUT2D eigenvalue weighted by atomic mass is 9.46. The first-order chi connectivity index (χ1) is 33.0. The highest BCUT2D eigenvalue weighted by molar-refractivity contribution is 7.46. The molecule has 4 aliphatic carbocycles. The Bertz CT molecular complexity index is 2140. The Morgan fingerprint density at radius 3 is 2.42 bits per heavy atom. The molecule has 0 spiro atoms. The van der Waals surface area contributed by atoms with E-state index in [1.807, 2.05) is 12.1 Å². The number of aliphatic hydroxyl groups is 3. The summed E-state index contributed by atoms with van der Waals surface area (Å²) in [6.45, 7) is 7.69. The van der Waals surface area contributed by atoms with Gasteiger partial charge in [-0.3, -0.25) is 14.1 Å². The maximum atomic E-state index is 13.5. The average molecular weight is 981 g/mol. The minimum absolute atomic E-state index is 0.0188. The summed E-state index contributed by atoms with van der Waals surface area (Å²) in [5, 5.41) is 44.0. The number of hydrogen-bond acceptors (Lipinski definition) is 13. The smallest absolute Gasteiger partial charge is 0.470 e. The number of hydrogen-bond donors (Lipinski definition) is 7. The number of benzene rings is 2. The molecule has 0 bridgehead atoms. The Morgan fingerprint density at radius 1 is 0.986 bits per heavy atom. The summed E-state index contributed by atoms with van der Waals surface area (Å²) in [6.07, 6.45) is 15.1. The minimum atomic E-state index is -4.70. The summed E-state index contributed by atoms with van der Waals surface area (Å²) >= 11 is 0. The van der Waals surface area contributed by atoms with Crippen LogP contribution in [0.4, 0.5) is 0 Å². The third-order valence-corrected chi connectivity index (χ3v) is 17.0. The van der Waals surface area contributed by atoms with Crippen molar-refractivity contribution in [3.8, 4) is 5.75 Å². The Kier molecular flexibility index (Phi) is 18.3. The second kappa shape index (κ2) is 23.6. The number of carbonyl (C=O) groups is 2. The molecule has 0 radical (unpaired) electrons. The van der Waals surface area contributed by atoms with E-state index in [9.17, 15) is 44.4 Å². The highest BCUT2D eigenvalue weighted by atomic mass is 31.2. The number of piperidine rings is 1. The maximum Gasteiger partial charge on any atom is 0.470 e. The Morgan fingerprint density at radius 2 is 1.71 bits per heavy atom. The summed E-state index contributed by atoms with van der Waals surface area (Å²) in [5.41, 5.74) is 1.03. The van der Waals surface area contributed by atoms with Crippen LogP contribution in [0, 0.1) is 34.5 Å². The Hall–Kier alpha value is -3.15. The summed E-state index contributed by atoms with van der Waals surface area (Å²) < 4.78 is 35.3. The molecule has 2 aromatic carbocycles. The summed E-state index contributed by atoms with van der Waals surface area (Å²) in [7, 11) is -2.58. The molecule has 2 aromatic rings. The highest BCUT2D eigenvalue weighted by Crippen LogP contribution is 2.70. The molecular formula is C53H77N2O13P. The van der Waals surface area contributed by atoms with Crippen LogP contribution in [0.15, 0.2) is 72.3 Å². The zero-order valence-electron chi connectivity index (χ0n) is 40.8. The molecule has 15 nitrogen and oxygen atoms in total. The van der Waals surface area contributed by atoms with Crippen LogP contribution < -0.4 is 5.32 Å². The van der Waals surface area contributed by atoms with E-state index in [1.54, 1.807) is 12.2 Å². The molecule has 10 atom stereocenters. The number of phenols is 1. The van der Waals surface area contributed by atoms with Crippen molar-refractivity contribution >= 4 is 19.4 Å². The Labute approximate surface area is 407 Å². The first-order valence-electron chi connectivity index (χ1n) is 25.3. The summed E-state index contributed by atoms with van der Waals surface area (Å²) in [4.78, 5) is 46.4. The van der Waals surface area contributed by atoms with E-state index in [0.29, 0.717) is 24.9 Å². The van der Waals surface area contributed by atoms with Crippen molar-refractivity contribution in [3.63, 3.8) is 0 Å². The highest BCUT2D eigenvalue weighted by Gasteiger charge is 2.76. The van der Waals surface area contributed by atoms with Crippen LogP contribution in [0.5, 0.6) is 5.75 Å². The molecule has 6 aliphatic rings. The second-order valence-corrected chi connectivity index (χ2v) is 22.0. The van der Waals surface area contributed by atoms with Crippen LogP contribution in [0.1, 0.15) is 114 Å². The number of allylic oxidation sites excluding steroid dienone is 4. The van der Waals surface area contributed by atoms with Gasteiger partial charge in [0.2, 0.25) is 0 Å². The fraction of sp³-hybridized carbons (Fsp3) is 0.660. The maximum absolute atomic E-state index is 13.5. The van der Waals surface area contributed by atoms with E-state index >= 15 is 0 Å². The van der Waals surface area contributed by atoms with Crippen molar-refractivity contribution in [2.24, 2.45) is 34.5 Å². The molecule has 0 aromatic heterocycles. The number of ketones is 2. The van der Waals surface area contributed by atoms with Crippen molar-refractivity contribution in [3.05, 3.63) is 89.0 Å². The number of nitrogens with zero attached hydrogens (tertiary/aromatic N) is 1. The van der Waals surface area contributed by atoms with E-state index in [0.717, 1.165) is 103 Å². The van der Waals surface area contributed by atoms with Gasteiger partial charge in [0, 0.05) is 48.0 Å². The van der Waals surface area contributed by atoms with Gasteiger partial charge >= 0.3 is 7.82 Å². The topological polar surface area (TPSA) is 225 Å². The predicted octanol–water partition coefficient (Wildman–Crippen LogP) is 6.48. The number of phosphoric acid groups is 1. The predicted molar refractivity (Wildman–Crippen MR) is 260 cm³/mol. The molecule has 2 aliphatic heterocycles. The van der Waals surface area contributed by atoms with Gasteiger partial charge in [0.1, 0.15) is 18.5 Å². The average Bonchev–Trinajstić information content (AvgIpc) is 3.83. The van der Waals surface area contributed by atoms with Crippen molar-refractivity contribution in [1.82, 2.24) is 10.2 Å². The van der Waals surface area contributed by atoms with Crippen LogP contribution >= 0.6 is 7.82 Å². The van der Waals surface area contributed by atoms with E-state index < -0.39 is 50.0 Å². The lowest BCUT2D eigenvalue weighted by molar-refractivity contribution is -0.210. The standard InChI is InChI=1S/C28H39NO6.C25H38NO7P/c1-26-9-6-18(31)12-17(26)4-5-19-20-13-23-28(22(33)15-30,27(20,2)14-21(32)24(19)26)35-25(34-23)16-7-10-29(3)11-8-16;27-20-23-18-22(13-14-24(23)28)25(33-34(29,30)31)19-26-15-7-1-2-8-16-32-17-9-6-12-21-10-4-3-5-11-21/h6,9,12,16,19-21,23-25,30,32H,4-5,7-8,10-11,13-15H2,1-3H3;3-5,10-11,13-14,18,25-28H,1-2,6-9,12,15-17,19-20H2,(H2,29,30,31)/t19-,20-,21-,23-,24+,25?,26-,27-,28+;/m0./s1. The quantitative estimate of drug-likeness (QED) is 0.0525. The van der Waals surface area contributed by atoms with Gasteiger partial charge in [-0.1, -0.05) is 74.7 Å². The number of ether oxygens (including phenoxy) is 3. The van der Waals surface area contributed by atoms with Gasteiger partial charge < -0.3 is 54.6 Å². The molecule has 8 rings (SSSR count). The van der Waals surface area contributed by atoms with Gasteiger partial charge in [0.25, 0.3) is 0 Å². The number of phosphoric ester groups is 1. The van der Waals surface area contributed by atoms with Crippen LogP contribution in [0.25, 0.3) is 0 Å². The fourth-order valence-corrected chi connectivity index (χ4v) is 13.4. The van der Waals surface area contributed by atoms with Crippen LogP contribution in [0.3, 0.4) is 0 Å². The zero-order chi connectivity index (χ0) is 49.4. The number of unbranched alkanes of at least 4 members (excludes halogenated alkanes) is 4. The zero-order valence-corrected chi connectivity index (χ0v) is 41.6. The Balaban J connectivity index is 0.000000204. The SMILES string of the molecule is CN1CCC(C2O[C@H]3C[C@H]4[C@@H]5CCC6=CC(=O)C=C[C@]6(C)[C@H]5[C@@H](O)C[C@]4(C)[C@]3(C(=O)CO)O2)CC1.O=P(O)(O)OC(CNCCCCCCOCCCCc1ccccc1)c1ccc(O)c(CO)c1. The number of aliphatic hydroxyl groups excluding tert-OH is 3. The fourth-order valence-electron chi connectivity index (χ4n) is 12.9. The molecular weight excluding hydrogens is 904 g/mol. The summed E-state index contributed by atoms with van der Waals surface area (Å²) in [6, 6.07) is 14.9. The third-order valence-electron chi connectivity index (χ3n) is 16.4. The normalized spacial score (nSPS) is 31.5. The number of nitrogens with one attached hydrogen (secondary N) is 1. The van der Waals surface area contributed by atoms with Gasteiger partial charge in [-0.25, -0.2) is 4.57 Å². The number of aryl methyl sites for hydroxylation is 1. The molecule has 69 heavy (non-hydrogen) atoms. The number of fused-ring (bicyclic) bond motifs is 7. The molecule has 16 heteroatoms. The van der Waals surface area contributed by atoms with Crippen molar-refractivity contribution in [1.29, 1.82) is 0 Å². The van der Waals surface area contributed by atoms with Crippen molar-refractivity contribution in [2.75, 3.05) is 53.0 Å². The lowest BCUT2D eigenvalue weighted by Gasteiger charge is -2.59. The number of Topliss-reactive ketones (excluding diaryl/α,β-unsaturated/α-hetero) is 1. The van der Waals surface area contributed by atoms with E-state index in [1.165, 1.54) is 23.8 Å². The molecule has 2 heterocycles. The molecule has 7 N–H and O–H groups in total. The minimum Gasteiger partial charge on any atom is -0.508 e. The lowest BCUT2D eigenvalue weighted by Crippen LogP contribution is -2.63.